The number of fused-ring (bicyclic) bond motifs is 2. The first-order valence-corrected chi connectivity index (χ1v) is 10.8. The first kappa shape index (κ1) is 24.1. The molecule has 0 aromatic rings. The van der Waals surface area contributed by atoms with E-state index in [0.29, 0.717) is 17.9 Å². The van der Waals surface area contributed by atoms with Crippen LogP contribution >= 0.6 is 0 Å². The molecule has 7 heteroatoms. The van der Waals surface area contributed by atoms with Gasteiger partial charge in [0.25, 0.3) is 0 Å². The molecule has 0 aromatic carbocycles. The SMILES string of the molecule is C.C=CCC1O[C@@H]2OC(C)(C)O[C@@H]2[C@H]1C.C[C@H]1C(CC2CO2)O[C@@H]2OC(C)(C)O[C@@H]21. The van der Waals surface area contributed by atoms with Crippen molar-refractivity contribution in [1.29, 1.82) is 0 Å². The number of epoxide rings is 1. The van der Waals surface area contributed by atoms with Gasteiger partial charge in [0.05, 0.1) is 24.9 Å². The van der Waals surface area contributed by atoms with Crippen LogP contribution in [0, 0.1) is 11.8 Å². The quantitative estimate of drug-likeness (QED) is 0.495. The Balaban J connectivity index is 0.000000166. The van der Waals surface area contributed by atoms with Crippen molar-refractivity contribution >= 4 is 0 Å². The zero-order valence-corrected chi connectivity index (χ0v) is 18.5. The van der Waals surface area contributed by atoms with Crippen LogP contribution in [0.25, 0.3) is 0 Å². The van der Waals surface area contributed by atoms with Gasteiger partial charge in [0.2, 0.25) is 0 Å². The van der Waals surface area contributed by atoms with E-state index in [9.17, 15) is 0 Å². The summed E-state index contributed by atoms with van der Waals surface area (Å²) in [5, 5.41) is 0. The average Bonchev–Trinajstić information content (AvgIpc) is 3.15. The van der Waals surface area contributed by atoms with Crippen molar-refractivity contribution in [3.8, 4) is 0 Å². The highest BCUT2D eigenvalue weighted by Gasteiger charge is 2.54. The summed E-state index contributed by atoms with van der Waals surface area (Å²) in [5.74, 6) is -0.228. The Morgan fingerprint density at radius 2 is 1.30 bits per heavy atom. The van der Waals surface area contributed by atoms with Gasteiger partial charge in [-0.1, -0.05) is 27.4 Å². The van der Waals surface area contributed by atoms with Crippen molar-refractivity contribution in [3.05, 3.63) is 12.7 Å². The molecular formula is C23H40O7. The van der Waals surface area contributed by atoms with Gasteiger partial charge in [0.15, 0.2) is 24.2 Å². The maximum Gasteiger partial charge on any atom is 0.187 e. The van der Waals surface area contributed by atoms with E-state index >= 15 is 0 Å². The molecule has 5 saturated heterocycles. The molecule has 0 radical (unpaired) electrons. The van der Waals surface area contributed by atoms with Crippen molar-refractivity contribution in [2.75, 3.05) is 6.61 Å². The van der Waals surface area contributed by atoms with Gasteiger partial charge in [-0.3, -0.25) is 0 Å². The third kappa shape index (κ3) is 5.09. The van der Waals surface area contributed by atoms with Crippen LogP contribution in [0.3, 0.4) is 0 Å². The van der Waals surface area contributed by atoms with Crippen LogP contribution in [0.5, 0.6) is 0 Å². The second-order valence-electron chi connectivity index (χ2n) is 9.72. The minimum absolute atomic E-state index is 0. The highest BCUT2D eigenvalue weighted by atomic mass is 16.8. The van der Waals surface area contributed by atoms with Crippen LogP contribution in [0.2, 0.25) is 0 Å². The topological polar surface area (TPSA) is 67.9 Å². The van der Waals surface area contributed by atoms with E-state index in [1.807, 2.05) is 33.8 Å². The molecule has 0 aliphatic carbocycles. The Morgan fingerprint density at radius 3 is 1.73 bits per heavy atom. The van der Waals surface area contributed by atoms with E-state index in [0.717, 1.165) is 19.4 Å². The fourth-order valence-electron chi connectivity index (χ4n) is 4.62. The predicted octanol–water partition coefficient (Wildman–Crippen LogP) is 4.00. The normalized spacial score (nSPS) is 46.9. The monoisotopic (exact) mass is 428 g/mol. The smallest absolute Gasteiger partial charge is 0.187 e. The lowest BCUT2D eigenvalue weighted by Crippen LogP contribution is -2.29. The zero-order chi connectivity index (χ0) is 21.0. The number of rotatable bonds is 4. The van der Waals surface area contributed by atoms with E-state index < -0.39 is 11.6 Å². The van der Waals surface area contributed by atoms with Crippen LogP contribution in [0.15, 0.2) is 12.7 Å². The van der Waals surface area contributed by atoms with E-state index in [1.165, 1.54) is 0 Å². The van der Waals surface area contributed by atoms with Crippen molar-refractivity contribution < 1.29 is 33.2 Å². The first-order valence-electron chi connectivity index (χ1n) is 10.8. The van der Waals surface area contributed by atoms with Crippen LogP contribution in [-0.2, 0) is 33.2 Å². The van der Waals surface area contributed by atoms with Gasteiger partial charge in [-0.2, -0.15) is 0 Å². The number of hydrogen-bond donors (Lipinski definition) is 0. The van der Waals surface area contributed by atoms with Gasteiger partial charge >= 0.3 is 0 Å². The third-order valence-electron chi connectivity index (χ3n) is 6.30. The minimum Gasteiger partial charge on any atom is -0.373 e. The Hall–Kier alpha value is -0.540. The fourth-order valence-corrected chi connectivity index (χ4v) is 4.62. The lowest BCUT2D eigenvalue weighted by Gasteiger charge is -2.23. The van der Waals surface area contributed by atoms with Crippen molar-refractivity contribution in [3.63, 3.8) is 0 Å². The average molecular weight is 429 g/mol. The lowest BCUT2D eigenvalue weighted by molar-refractivity contribution is -0.210. The second kappa shape index (κ2) is 8.77. The van der Waals surface area contributed by atoms with E-state index in [4.69, 9.17) is 33.2 Å². The Kier molecular flexibility index (Phi) is 7.05. The molecule has 7 nitrogen and oxygen atoms in total. The molecule has 174 valence electrons. The minimum atomic E-state index is -0.497. The molecule has 30 heavy (non-hydrogen) atoms. The molecule has 5 rings (SSSR count). The molecule has 0 bridgehead atoms. The highest BCUT2D eigenvalue weighted by molar-refractivity contribution is 4.93. The second-order valence-corrected chi connectivity index (χ2v) is 9.72. The van der Waals surface area contributed by atoms with E-state index in [-0.39, 0.29) is 44.4 Å². The molecule has 5 aliphatic rings. The van der Waals surface area contributed by atoms with E-state index in [2.05, 4.69) is 20.4 Å². The van der Waals surface area contributed by atoms with Crippen molar-refractivity contribution in [1.82, 2.24) is 0 Å². The van der Waals surface area contributed by atoms with Gasteiger partial charge in [0.1, 0.15) is 12.2 Å². The molecule has 9 atom stereocenters. The standard InChI is InChI=1S/C11H18O4.C11H18O3.CH4/c1-6-8(4-7-5-12-7)13-10-9(6)14-11(2,3)15-10;1-5-6-8-7(2)9-10(12-8)14-11(3,4)13-9;/h6-10H,4-5H2,1-3H3;5,7-10H,1,6H2,2-4H3;1H4/t6-,7?,8?,9+,10+;7-,8?,9+,10+;/m00./s1. The van der Waals surface area contributed by atoms with Gasteiger partial charge in [-0.25, -0.2) is 0 Å². The summed E-state index contributed by atoms with van der Waals surface area (Å²) >= 11 is 0. The molecule has 5 aliphatic heterocycles. The van der Waals surface area contributed by atoms with Gasteiger partial charge in [-0.15, -0.1) is 6.58 Å². The Bertz CT molecular complexity index is 602. The summed E-state index contributed by atoms with van der Waals surface area (Å²) in [7, 11) is 0. The van der Waals surface area contributed by atoms with Crippen LogP contribution < -0.4 is 0 Å². The molecule has 0 saturated carbocycles. The van der Waals surface area contributed by atoms with Crippen molar-refractivity contribution in [2.24, 2.45) is 11.8 Å². The van der Waals surface area contributed by atoms with Crippen LogP contribution in [0.4, 0.5) is 0 Å². The molecule has 0 amide bonds. The van der Waals surface area contributed by atoms with E-state index in [1.54, 1.807) is 0 Å². The molecule has 0 N–H and O–H groups in total. The van der Waals surface area contributed by atoms with Crippen LogP contribution in [0.1, 0.15) is 61.8 Å². The summed E-state index contributed by atoms with van der Waals surface area (Å²) in [5.41, 5.74) is 0. The highest BCUT2D eigenvalue weighted by Crippen LogP contribution is 2.43. The number of hydrogen-bond acceptors (Lipinski definition) is 7. The van der Waals surface area contributed by atoms with Gasteiger partial charge < -0.3 is 33.2 Å². The molecule has 0 aromatic heterocycles. The largest absolute Gasteiger partial charge is 0.373 e. The third-order valence-corrected chi connectivity index (χ3v) is 6.30. The summed E-state index contributed by atoms with van der Waals surface area (Å²) in [6.07, 6.45) is 4.34. The first-order chi connectivity index (χ1) is 13.6. The lowest BCUT2D eigenvalue weighted by atomic mass is 9.97. The summed E-state index contributed by atoms with van der Waals surface area (Å²) in [6, 6.07) is 0. The summed E-state index contributed by atoms with van der Waals surface area (Å²) in [6.45, 7) is 16.6. The predicted molar refractivity (Wildman–Crippen MR) is 112 cm³/mol. The molecule has 5 fully saturated rings. The summed E-state index contributed by atoms with van der Waals surface area (Å²) in [4.78, 5) is 0. The van der Waals surface area contributed by atoms with Crippen LogP contribution in [-0.4, -0.2) is 61.3 Å². The molecular weight excluding hydrogens is 388 g/mol. The van der Waals surface area contributed by atoms with Crippen molar-refractivity contribution in [2.45, 2.75) is 116 Å². The van der Waals surface area contributed by atoms with Gasteiger partial charge in [0, 0.05) is 18.3 Å². The zero-order valence-electron chi connectivity index (χ0n) is 18.5. The Labute approximate surface area is 181 Å². The Morgan fingerprint density at radius 1 is 0.833 bits per heavy atom. The maximum atomic E-state index is 5.86. The fraction of sp³-hybridized carbons (Fsp3) is 0.913. The molecule has 3 unspecified atom stereocenters. The van der Waals surface area contributed by atoms with Gasteiger partial charge in [-0.05, 0) is 34.1 Å². The molecule has 0 spiro atoms. The maximum absolute atomic E-state index is 5.86. The molecule has 5 heterocycles. The summed E-state index contributed by atoms with van der Waals surface area (Å²) < 4.78 is 39.8. The number of ether oxygens (including phenoxy) is 7.